The highest BCUT2D eigenvalue weighted by atomic mass is 15.1. The average Bonchev–Trinajstić information content (AvgIpc) is 2.88. The Morgan fingerprint density at radius 2 is 2.38 bits per heavy atom. The lowest BCUT2D eigenvalue weighted by molar-refractivity contribution is 0.760. The van der Waals surface area contributed by atoms with Crippen LogP contribution in [0.3, 0.4) is 0 Å². The fraction of sp³-hybridized carbons (Fsp3) is 0.500. The summed E-state index contributed by atoms with van der Waals surface area (Å²) in [7, 11) is 2.01. The predicted molar refractivity (Wildman–Crippen MR) is 63.5 cm³/mol. The van der Waals surface area contributed by atoms with Crippen molar-refractivity contribution in [2.24, 2.45) is 7.05 Å². The van der Waals surface area contributed by atoms with Crippen molar-refractivity contribution in [3.63, 3.8) is 0 Å². The maximum absolute atomic E-state index is 4.52. The minimum absolute atomic E-state index is 0.610. The van der Waals surface area contributed by atoms with Gasteiger partial charge in [-0.05, 0) is 37.4 Å². The summed E-state index contributed by atoms with van der Waals surface area (Å²) in [5.41, 5.74) is 3.31. The molecule has 2 aromatic rings. The van der Waals surface area contributed by atoms with Crippen molar-refractivity contribution in [2.45, 2.75) is 19.3 Å². The molecule has 1 aliphatic heterocycles. The number of rotatable bonds is 1. The summed E-state index contributed by atoms with van der Waals surface area (Å²) >= 11 is 0. The monoisotopic (exact) mass is 216 g/mol. The van der Waals surface area contributed by atoms with Crippen LogP contribution in [-0.4, -0.2) is 27.6 Å². The van der Waals surface area contributed by atoms with Crippen LogP contribution in [0.25, 0.3) is 11.2 Å². The normalized spacial score (nSPS) is 20.8. The lowest BCUT2D eigenvalue weighted by Gasteiger charge is -2.07. The molecule has 0 spiro atoms. The van der Waals surface area contributed by atoms with Crippen molar-refractivity contribution in [1.82, 2.24) is 19.9 Å². The Kier molecular flexibility index (Phi) is 2.17. The molecule has 3 rings (SSSR count). The first kappa shape index (κ1) is 9.78. The second-order valence-corrected chi connectivity index (χ2v) is 4.52. The smallest absolute Gasteiger partial charge is 0.159 e. The number of nitrogens with one attached hydrogen (secondary N) is 1. The van der Waals surface area contributed by atoms with Gasteiger partial charge in [0.25, 0.3) is 0 Å². The van der Waals surface area contributed by atoms with Crippen LogP contribution in [-0.2, 0) is 7.05 Å². The molecule has 2 aromatic heterocycles. The summed E-state index contributed by atoms with van der Waals surface area (Å²) in [4.78, 5) is 9.04. The summed E-state index contributed by atoms with van der Waals surface area (Å²) in [5.74, 6) is 1.63. The SMILES string of the molecule is Cc1nc2cc(C3CCNC3)cnc2n1C. The number of nitrogens with zero attached hydrogens (tertiary/aromatic N) is 3. The molecule has 1 atom stereocenters. The lowest BCUT2D eigenvalue weighted by atomic mass is 10.0. The number of aromatic nitrogens is 3. The minimum Gasteiger partial charge on any atom is -0.316 e. The van der Waals surface area contributed by atoms with Crippen molar-refractivity contribution in [3.05, 3.63) is 23.7 Å². The van der Waals surface area contributed by atoms with E-state index in [1.54, 1.807) is 0 Å². The van der Waals surface area contributed by atoms with E-state index in [1.807, 2.05) is 24.7 Å². The Labute approximate surface area is 94.7 Å². The van der Waals surface area contributed by atoms with Crippen molar-refractivity contribution in [2.75, 3.05) is 13.1 Å². The largest absolute Gasteiger partial charge is 0.316 e. The van der Waals surface area contributed by atoms with Crippen LogP contribution in [0.15, 0.2) is 12.3 Å². The van der Waals surface area contributed by atoms with Crippen LogP contribution in [0.2, 0.25) is 0 Å². The van der Waals surface area contributed by atoms with Gasteiger partial charge in [0.2, 0.25) is 0 Å². The molecular weight excluding hydrogens is 200 g/mol. The summed E-state index contributed by atoms with van der Waals surface area (Å²) in [5, 5.41) is 3.38. The number of aryl methyl sites for hydroxylation is 2. The Morgan fingerprint density at radius 1 is 1.50 bits per heavy atom. The number of hydrogen-bond donors (Lipinski definition) is 1. The molecule has 1 N–H and O–H groups in total. The first-order chi connectivity index (χ1) is 7.75. The number of fused-ring (bicyclic) bond motifs is 1. The van der Waals surface area contributed by atoms with E-state index in [9.17, 15) is 0 Å². The fourth-order valence-corrected chi connectivity index (χ4v) is 2.37. The van der Waals surface area contributed by atoms with Crippen LogP contribution < -0.4 is 5.32 Å². The summed E-state index contributed by atoms with van der Waals surface area (Å²) in [6, 6.07) is 2.19. The molecule has 0 aliphatic carbocycles. The van der Waals surface area contributed by atoms with Gasteiger partial charge in [-0.1, -0.05) is 0 Å². The molecule has 3 heterocycles. The molecule has 0 saturated carbocycles. The summed E-state index contributed by atoms with van der Waals surface area (Å²) < 4.78 is 2.03. The molecular formula is C12H16N4. The zero-order valence-electron chi connectivity index (χ0n) is 9.70. The first-order valence-corrected chi connectivity index (χ1v) is 5.75. The predicted octanol–water partition coefficient (Wildman–Crippen LogP) is 1.35. The van der Waals surface area contributed by atoms with E-state index in [0.29, 0.717) is 5.92 Å². The third-order valence-corrected chi connectivity index (χ3v) is 3.49. The average molecular weight is 216 g/mol. The highest BCUT2D eigenvalue weighted by Crippen LogP contribution is 2.24. The van der Waals surface area contributed by atoms with Crippen molar-refractivity contribution < 1.29 is 0 Å². The van der Waals surface area contributed by atoms with E-state index in [2.05, 4.69) is 21.4 Å². The van der Waals surface area contributed by atoms with E-state index in [4.69, 9.17) is 0 Å². The van der Waals surface area contributed by atoms with Gasteiger partial charge in [0.05, 0.1) is 0 Å². The summed E-state index contributed by atoms with van der Waals surface area (Å²) in [6.45, 7) is 4.20. The fourth-order valence-electron chi connectivity index (χ4n) is 2.37. The number of hydrogen-bond acceptors (Lipinski definition) is 3. The molecule has 0 amide bonds. The first-order valence-electron chi connectivity index (χ1n) is 5.75. The van der Waals surface area contributed by atoms with E-state index in [1.165, 1.54) is 12.0 Å². The van der Waals surface area contributed by atoms with Gasteiger partial charge in [-0.2, -0.15) is 0 Å². The van der Waals surface area contributed by atoms with Crippen LogP contribution >= 0.6 is 0 Å². The quantitative estimate of drug-likeness (QED) is 0.782. The van der Waals surface area contributed by atoms with Gasteiger partial charge in [-0.3, -0.25) is 0 Å². The van der Waals surface area contributed by atoms with Crippen LogP contribution in [0.4, 0.5) is 0 Å². The molecule has 4 heteroatoms. The van der Waals surface area contributed by atoms with Gasteiger partial charge in [0, 0.05) is 19.8 Å². The van der Waals surface area contributed by atoms with Crippen LogP contribution in [0, 0.1) is 6.92 Å². The van der Waals surface area contributed by atoms with E-state index in [-0.39, 0.29) is 0 Å². The van der Waals surface area contributed by atoms with Crippen molar-refractivity contribution >= 4 is 11.2 Å². The Balaban J connectivity index is 2.08. The topological polar surface area (TPSA) is 42.7 Å². The molecule has 4 nitrogen and oxygen atoms in total. The standard InChI is InChI=1S/C12H16N4/c1-8-15-11-5-10(9-3-4-13-6-9)7-14-12(11)16(8)2/h5,7,9,13H,3-4,6H2,1-2H3. The molecule has 1 saturated heterocycles. The Morgan fingerprint density at radius 3 is 3.12 bits per heavy atom. The molecule has 1 fully saturated rings. The van der Waals surface area contributed by atoms with Crippen LogP contribution in [0.5, 0.6) is 0 Å². The van der Waals surface area contributed by atoms with Gasteiger partial charge < -0.3 is 9.88 Å². The molecule has 16 heavy (non-hydrogen) atoms. The van der Waals surface area contributed by atoms with E-state index in [0.717, 1.165) is 30.1 Å². The second-order valence-electron chi connectivity index (χ2n) is 4.52. The summed E-state index contributed by atoms with van der Waals surface area (Å²) in [6.07, 6.45) is 3.21. The second kappa shape index (κ2) is 3.56. The van der Waals surface area contributed by atoms with E-state index < -0.39 is 0 Å². The Bertz CT molecular complexity index is 523. The van der Waals surface area contributed by atoms with Gasteiger partial charge >= 0.3 is 0 Å². The molecule has 0 radical (unpaired) electrons. The van der Waals surface area contributed by atoms with Gasteiger partial charge in [0.1, 0.15) is 11.3 Å². The third-order valence-electron chi connectivity index (χ3n) is 3.49. The van der Waals surface area contributed by atoms with Gasteiger partial charge in [-0.15, -0.1) is 0 Å². The number of imidazole rings is 1. The van der Waals surface area contributed by atoms with Gasteiger partial charge in [-0.25, -0.2) is 9.97 Å². The molecule has 1 unspecified atom stereocenters. The van der Waals surface area contributed by atoms with Gasteiger partial charge in [0.15, 0.2) is 5.65 Å². The molecule has 0 aromatic carbocycles. The molecule has 1 aliphatic rings. The Hall–Kier alpha value is -1.42. The zero-order valence-corrected chi connectivity index (χ0v) is 9.70. The molecule has 0 bridgehead atoms. The van der Waals surface area contributed by atoms with E-state index >= 15 is 0 Å². The minimum atomic E-state index is 0.610. The van der Waals surface area contributed by atoms with Crippen LogP contribution in [0.1, 0.15) is 23.7 Å². The number of pyridine rings is 1. The van der Waals surface area contributed by atoms with Crippen molar-refractivity contribution in [3.8, 4) is 0 Å². The van der Waals surface area contributed by atoms with Crippen molar-refractivity contribution in [1.29, 1.82) is 0 Å². The third kappa shape index (κ3) is 1.41. The highest BCUT2D eigenvalue weighted by molar-refractivity contribution is 5.72. The highest BCUT2D eigenvalue weighted by Gasteiger charge is 2.18. The maximum atomic E-state index is 4.52. The molecule has 84 valence electrons. The zero-order chi connectivity index (χ0) is 11.1. The lowest BCUT2D eigenvalue weighted by Crippen LogP contribution is -2.08. The maximum Gasteiger partial charge on any atom is 0.159 e.